The third kappa shape index (κ3) is 3.41. The summed E-state index contributed by atoms with van der Waals surface area (Å²) >= 11 is 0. The van der Waals surface area contributed by atoms with E-state index in [1.54, 1.807) is 0 Å². The number of pyridine rings is 1. The number of carbonyl (C=O) groups is 1. The lowest BCUT2D eigenvalue weighted by atomic mass is 9.95. The molecule has 1 unspecified atom stereocenters. The summed E-state index contributed by atoms with van der Waals surface area (Å²) in [6.45, 7) is 4.44. The maximum Gasteiger partial charge on any atom is 0.251 e. The Morgan fingerprint density at radius 1 is 1.10 bits per heavy atom. The summed E-state index contributed by atoms with van der Waals surface area (Å²) in [4.78, 5) is 24.9. The summed E-state index contributed by atoms with van der Waals surface area (Å²) < 4.78 is 5.83. The van der Waals surface area contributed by atoms with Crippen molar-refractivity contribution in [2.75, 3.05) is 6.61 Å². The second kappa shape index (κ2) is 7.30. The van der Waals surface area contributed by atoms with Crippen LogP contribution in [-0.2, 0) is 0 Å². The smallest absolute Gasteiger partial charge is 0.251 e. The fraction of sp³-hybridized carbons (Fsp3) is 0.208. The molecule has 30 heavy (non-hydrogen) atoms. The highest BCUT2D eigenvalue weighted by Crippen LogP contribution is 2.35. The second-order valence-electron chi connectivity index (χ2n) is 7.66. The topological polar surface area (TPSA) is 79.9 Å². The minimum atomic E-state index is -0.112. The molecule has 2 aromatic carbocycles. The summed E-state index contributed by atoms with van der Waals surface area (Å²) in [7, 11) is 0. The van der Waals surface area contributed by atoms with Crippen LogP contribution in [0.25, 0.3) is 22.2 Å². The Kier molecular flexibility index (Phi) is 4.47. The van der Waals surface area contributed by atoms with Gasteiger partial charge in [-0.2, -0.15) is 0 Å². The number of amides is 1. The molecule has 1 amide bonds. The van der Waals surface area contributed by atoms with Gasteiger partial charge in [0.25, 0.3) is 5.91 Å². The number of aromatic nitrogens is 3. The molecule has 0 fully saturated rings. The number of aryl methyl sites for hydroxylation is 2. The molecule has 3 heterocycles. The molecule has 0 saturated heterocycles. The van der Waals surface area contributed by atoms with E-state index in [1.165, 1.54) is 0 Å². The van der Waals surface area contributed by atoms with Crippen LogP contribution in [0.1, 0.15) is 39.9 Å². The Labute approximate surface area is 174 Å². The van der Waals surface area contributed by atoms with Crippen LogP contribution in [0.3, 0.4) is 0 Å². The molecule has 5 rings (SSSR count). The fourth-order valence-electron chi connectivity index (χ4n) is 3.88. The van der Waals surface area contributed by atoms with E-state index >= 15 is 0 Å². The van der Waals surface area contributed by atoms with Crippen LogP contribution < -0.4 is 10.1 Å². The number of carbonyl (C=O) groups excluding carboxylic acids is 1. The van der Waals surface area contributed by atoms with Crippen molar-refractivity contribution in [1.82, 2.24) is 20.3 Å². The number of aromatic amines is 1. The number of hydrogen-bond acceptors (Lipinski definition) is 4. The van der Waals surface area contributed by atoms with Crippen LogP contribution in [0.15, 0.2) is 54.7 Å². The van der Waals surface area contributed by atoms with Gasteiger partial charge in [0.15, 0.2) is 0 Å². The Morgan fingerprint density at radius 3 is 2.80 bits per heavy atom. The van der Waals surface area contributed by atoms with Gasteiger partial charge in [-0.3, -0.25) is 9.78 Å². The number of hydrogen-bond donors (Lipinski definition) is 2. The molecule has 6 nitrogen and oxygen atoms in total. The molecule has 4 aromatic rings. The van der Waals surface area contributed by atoms with Crippen molar-refractivity contribution in [1.29, 1.82) is 0 Å². The van der Waals surface area contributed by atoms with Gasteiger partial charge in [0, 0.05) is 35.0 Å². The van der Waals surface area contributed by atoms with Crippen molar-refractivity contribution in [3.63, 3.8) is 0 Å². The van der Waals surface area contributed by atoms with Gasteiger partial charge in [-0.1, -0.05) is 12.1 Å². The molecule has 0 bridgehead atoms. The first-order valence-electron chi connectivity index (χ1n) is 10.0. The molecule has 2 N–H and O–H groups in total. The quantitative estimate of drug-likeness (QED) is 0.533. The van der Waals surface area contributed by atoms with Crippen molar-refractivity contribution in [2.45, 2.75) is 26.3 Å². The molecule has 0 spiro atoms. The van der Waals surface area contributed by atoms with Crippen molar-refractivity contribution in [3.05, 3.63) is 77.4 Å². The third-order valence-corrected chi connectivity index (χ3v) is 5.46. The summed E-state index contributed by atoms with van der Waals surface area (Å²) in [5.74, 6) is 1.54. The fourth-order valence-corrected chi connectivity index (χ4v) is 3.88. The summed E-state index contributed by atoms with van der Waals surface area (Å²) in [6, 6.07) is 15.6. The highest BCUT2D eigenvalue weighted by atomic mass is 16.5. The summed E-state index contributed by atoms with van der Waals surface area (Å²) in [5, 5.41) is 3.18. The molecule has 150 valence electrons. The van der Waals surface area contributed by atoms with E-state index in [2.05, 4.69) is 32.4 Å². The largest absolute Gasteiger partial charge is 0.493 e. The molecule has 6 heteroatoms. The lowest BCUT2D eigenvalue weighted by molar-refractivity contribution is 0.0925. The van der Waals surface area contributed by atoms with Crippen LogP contribution in [0, 0.1) is 13.8 Å². The van der Waals surface area contributed by atoms with Crippen molar-refractivity contribution >= 4 is 16.9 Å². The lowest BCUT2D eigenvalue weighted by Crippen LogP contribution is -2.32. The van der Waals surface area contributed by atoms with Gasteiger partial charge in [-0.05, 0) is 55.8 Å². The lowest BCUT2D eigenvalue weighted by Gasteiger charge is -2.27. The molecule has 2 aromatic heterocycles. The van der Waals surface area contributed by atoms with E-state index < -0.39 is 0 Å². The number of nitrogens with zero attached hydrogens (tertiary/aromatic N) is 2. The Balaban J connectivity index is 1.43. The van der Waals surface area contributed by atoms with Gasteiger partial charge >= 0.3 is 0 Å². The molecule has 1 aliphatic rings. The van der Waals surface area contributed by atoms with E-state index in [9.17, 15) is 4.79 Å². The number of nitrogens with one attached hydrogen (secondary N) is 2. The van der Waals surface area contributed by atoms with Gasteiger partial charge < -0.3 is 15.0 Å². The van der Waals surface area contributed by atoms with Crippen LogP contribution in [0.5, 0.6) is 5.75 Å². The number of fused-ring (bicyclic) bond motifs is 2. The average molecular weight is 398 g/mol. The first-order valence-corrected chi connectivity index (χ1v) is 10.0. The van der Waals surface area contributed by atoms with Crippen LogP contribution >= 0.6 is 0 Å². The van der Waals surface area contributed by atoms with Crippen LogP contribution in [-0.4, -0.2) is 27.5 Å². The molecule has 0 radical (unpaired) electrons. The van der Waals surface area contributed by atoms with Gasteiger partial charge in [0.1, 0.15) is 11.6 Å². The Hall–Kier alpha value is -3.67. The van der Waals surface area contributed by atoms with E-state index in [0.29, 0.717) is 12.2 Å². The van der Waals surface area contributed by atoms with Crippen molar-refractivity contribution in [3.8, 4) is 16.9 Å². The van der Waals surface area contributed by atoms with E-state index in [1.807, 2.05) is 56.4 Å². The van der Waals surface area contributed by atoms with Crippen LogP contribution in [0.2, 0.25) is 0 Å². The first kappa shape index (κ1) is 18.4. The van der Waals surface area contributed by atoms with E-state index in [-0.39, 0.29) is 11.9 Å². The number of ether oxygens (including phenoxy) is 1. The van der Waals surface area contributed by atoms with Gasteiger partial charge in [-0.15, -0.1) is 0 Å². The van der Waals surface area contributed by atoms with Gasteiger partial charge in [-0.25, -0.2) is 4.98 Å². The molecule has 1 aliphatic heterocycles. The van der Waals surface area contributed by atoms with E-state index in [0.717, 1.165) is 51.4 Å². The van der Waals surface area contributed by atoms with Crippen molar-refractivity contribution in [2.24, 2.45) is 0 Å². The molecular weight excluding hydrogens is 376 g/mol. The Morgan fingerprint density at radius 2 is 1.97 bits per heavy atom. The molecular formula is C24H22N4O2. The van der Waals surface area contributed by atoms with Crippen LogP contribution in [0.4, 0.5) is 0 Å². The zero-order chi connectivity index (χ0) is 20.7. The number of H-pyrrole nitrogens is 1. The maximum absolute atomic E-state index is 13.0. The first-order chi connectivity index (χ1) is 14.6. The third-order valence-electron chi connectivity index (χ3n) is 5.46. The second-order valence-corrected chi connectivity index (χ2v) is 7.66. The number of benzene rings is 2. The number of imidazole rings is 1. The van der Waals surface area contributed by atoms with Crippen molar-refractivity contribution < 1.29 is 9.53 Å². The monoisotopic (exact) mass is 398 g/mol. The SMILES string of the molecule is Cc1ccc(-c2ccc3c(c2)C(NC(=O)c2ccc4nc(C)[nH]c4c2)CCO3)cn1. The highest BCUT2D eigenvalue weighted by Gasteiger charge is 2.24. The summed E-state index contributed by atoms with van der Waals surface area (Å²) in [6.07, 6.45) is 2.59. The molecule has 0 saturated carbocycles. The normalized spacial score (nSPS) is 15.5. The number of rotatable bonds is 3. The van der Waals surface area contributed by atoms with E-state index in [4.69, 9.17) is 4.74 Å². The predicted molar refractivity (Wildman–Crippen MR) is 116 cm³/mol. The minimum Gasteiger partial charge on any atom is -0.493 e. The standard InChI is InChI=1S/C24H22N4O2/c1-14-3-4-18(13-25-14)16-6-8-23-19(11-16)20(9-10-30-23)28-24(29)17-5-7-21-22(12-17)27-15(2)26-21/h3-8,11-13,20H,9-10H2,1-2H3,(H,26,27)(H,28,29). The summed E-state index contributed by atoms with van der Waals surface area (Å²) in [5.41, 5.74) is 6.40. The zero-order valence-electron chi connectivity index (χ0n) is 16.9. The molecule has 1 atom stereocenters. The maximum atomic E-state index is 13.0. The Bertz CT molecular complexity index is 1240. The predicted octanol–water partition coefficient (Wildman–Crippen LogP) is 4.50. The zero-order valence-corrected chi connectivity index (χ0v) is 16.9. The molecule has 0 aliphatic carbocycles. The minimum absolute atomic E-state index is 0.107. The van der Waals surface area contributed by atoms with Gasteiger partial charge in [0.2, 0.25) is 0 Å². The highest BCUT2D eigenvalue weighted by molar-refractivity contribution is 5.97. The van der Waals surface area contributed by atoms with Gasteiger partial charge in [0.05, 0.1) is 23.7 Å². The average Bonchev–Trinajstić information content (AvgIpc) is 3.13.